The fourth-order valence-electron chi connectivity index (χ4n) is 3.50. The molecule has 1 fully saturated rings. The molecule has 1 saturated heterocycles. The van der Waals surface area contributed by atoms with Gasteiger partial charge < -0.3 is 19.2 Å². The highest BCUT2D eigenvalue weighted by Gasteiger charge is 2.49. The van der Waals surface area contributed by atoms with Crippen LogP contribution in [0.1, 0.15) is 18.2 Å². The summed E-state index contributed by atoms with van der Waals surface area (Å²) in [5.74, 6) is 1.23. The number of carbonyl (C=O) groups excluding carboxylic acids is 2. The summed E-state index contributed by atoms with van der Waals surface area (Å²) < 4.78 is 16.2. The van der Waals surface area contributed by atoms with E-state index in [1.165, 1.54) is 6.26 Å². The minimum atomic E-state index is -1.20. The number of carbonyl (C=O) groups is 2. The smallest absolute Gasteiger partial charge is 0.325 e. The van der Waals surface area contributed by atoms with Gasteiger partial charge in [-0.2, -0.15) is 0 Å². The quantitative estimate of drug-likeness (QED) is 0.687. The van der Waals surface area contributed by atoms with E-state index >= 15 is 0 Å². The third-order valence-corrected chi connectivity index (χ3v) is 5.12. The lowest BCUT2D eigenvalue weighted by Crippen LogP contribution is -2.40. The summed E-state index contributed by atoms with van der Waals surface area (Å²) in [4.78, 5) is 31.2. The number of hydrogen-bond donors (Lipinski definition) is 1. The molecule has 0 aliphatic carbocycles. The molecule has 0 saturated carbocycles. The van der Waals surface area contributed by atoms with E-state index < -0.39 is 11.6 Å². The van der Waals surface area contributed by atoms with Crippen molar-refractivity contribution in [3.8, 4) is 23.0 Å². The van der Waals surface area contributed by atoms with Crippen LogP contribution in [0.15, 0.2) is 59.2 Å². The first-order valence-corrected chi connectivity index (χ1v) is 9.09. The molecule has 1 atom stereocenters. The lowest BCUT2D eigenvalue weighted by molar-refractivity contribution is -0.131. The highest BCUT2D eigenvalue weighted by molar-refractivity contribution is 6.07. The molecule has 1 aromatic heterocycles. The number of rotatable bonds is 4. The van der Waals surface area contributed by atoms with E-state index in [1.54, 1.807) is 25.1 Å². The summed E-state index contributed by atoms with van der Waals surface area (Å²) in [5.41, 5.74) is 0.723. The Labute approximate surface area is 166 Å². The Bertz CT molecular complexity index is 1110. The zero-order chi connectivity index (χ0) is 20.0. The second-order valence-electron chi connectivity index (χ2n) is 7.02. The molecule has 1 N–H and O–H groups in total. The first-order valence-electron chi connectivity index (χ1n) is 9.09. The molecular weight excluding hydrogens is 374 g/mol. The molecule has 29 heavy (non-hydrogen) atoms. The molecule has 5 rings (SSSR count). The van der Waals surface area contributed by atoms with Crippen molar-refractivity contribution in [2.24, 2.45) is 0 Å². The molecule has 146 valence electrons. The standard InChI is InChI=1S/C21H17N3O5/c1-21(14-7-8-16-17(9-14)29-12-28-16)19(25)24(20(26)23-21)10-15-11-27-18(22-15)13-5-3-2-4-6-13/h2-9,11H,10,12H2,1H3,(H,23,26). The van der Waals surface area contributed by atoms with E-state index in [4.69, 9.17) is 13.9 Å². The van der Waals surface area contributed by atoms with Crippen molar-refractivity contribution in [1.29, 1.82) is 0 Å². The third-order valence-electron chi connectivity index (χ3n) is 5.12. The summed E-state index contributed by atoms with van der Waals surface area (Å²) in [6.07, 6.45) is 1.46. The van der Waals surface area contributed by atoms with E-state index in [0.717, 1.165) is 10.5 Å². The Morgan fingerprint density at radius 2 is 1.90 bits per heavy atom. The molecule has 0 bridgehead atoms. The van der Waals surface area contributed by atoms with Crippen molar-refractivity contribution < 1.29 is 23.5 Å². The van der Waals surface area contributed by atoms with Crippen LogP contribution in [-0.2, 0) is 16.9 Å². The third kappa shape index (κ3) is 2.80. The molecule has 0 radical (unpaired) electrons. The average Bonchev–Trinajstić information content (AvgIpc) is 3.44. The number of amides is 3. The fourth-order valence-corrected chi connectivity index (χ4v) is 3.50. The van der Waals surface area contributed by atoms with Crippen molar-refractivity contribution in [2.75, 3.05) is 6.79 Å². The first kappa shape index (κ1) is 17.3. The predicted molar refractivity (Wildman–Crippen MR) is 101 cm³/mol. The highest BCUT2D eigenvalue weighted by atomic mass is 16.7. The van der Waals surface area contributed by atoms with Gasteiger partial charge in [-0.15, -0.1) is 0 Å². The van der Waals surface area contributed by atoms with Crippen LogP contribution in [-0.4, -0.2) is 28.6 Å². The molecule has 2 aromatic carbocycles. The summed E-state index contributed by atoms with van der Waals surface area (Å²) in [5, 5.41) is 2.78. The van der Waals surface area contributed by atoms with Crippen LogP contribution in [0.25, 0.3) is 11.5 Å². The highest BCUT2D eigenvalue weighted by Crippen LogP contribution is 2.38. The number of imide groups is 1. The van der Waals surface area contributed by atoms with Gasteiger partial charge in [-0.25, -0.2) is 9.78 Å². The maximum atomic E-state index is 13.1. The van der Waals surface area contributed by atoms with Crippen LogP contribution in [0.2, 0.25) is 0 Å². The number of benzene rings is 2. The monoisotopic (exact) mass is 391 g/mol. The number of aromatic nitrogens is 1. The van der Waals surface area contributed by atoms with Gasteiger partial charge in [-0.1, -0.05) is 24.3 Å². The Morgan fingerprint density at radius 1 is 1.10 bits per heavy atom. The lowest BCUT2D eigenvalue weighted by Gasteiger charge is -2.22. The molecule has 3 aromatic rings. The minimum absolute atomic E-state index is 0.0150. The summed E-state index contributed by atoms with van der Waals surface area (Å²) in [6.45, 7) is 1.82. The van der Waals surface area contributed by atoms with Crippen molar-refractivity contribution in [1.82, 2.24) is 15.2 Å². The van der Waals surface area contributed by atoms with Crippen molar-refractivity contribution >= 4 is 11.9 Å². The normalized spacial score (nSPS) is 20.2. The number of nitrogens with zero attached hydrogens (tertiary/aromatic N) is 2. The van der Waals surface area contributed by atoms with Gasteiger partial charge >= 0.3 is 6.03 Å². The maximum absolute atomic E-state index is 13.1. The van der Waals surface area contributed by atoms with Crippen LogP contribution in [0.5, 0.6) is 11.5 Å². The van der Waals surface area contributed by atoms with E-state index in [2.05, 4.69) is 10.3 Å². The van der Waals surface area contributed by atoms with Gasteiger partial charge in [-0.3, -0.25) is 9.69 Å². The average molecular weight is 391 g/mol. The number of nitrogens with one attached hydrogen (secondary N) is 1. The lowest BCUT2D eigenvalue weighted by atomic mass is 9.91. The Balaban J connectivity index is 1.39. The Hall–Kier alpha value is -3.81. The van der Waals surface area contributed by atoms with Crippen molar-refractivity contribution in [2.45, 2.75) is 19.0 Å². The maximum Gasteiger partial charge on any atom is 0.325 e. The van der Waals surface area contributed by atoms with Gasteiger partial charge in [0.15, 0.2) is 11.5 Å². The van der Waals surface area contributed by atoms with Gasteiger partial charge in [0.05, 0.1) is 12.2 Å². The second-order valence-corrected chi connectivity index (χ2v) is 7.02. The topological polar surface area (TPSA) is 93.9 Å². The molecule has 0 spiro atoms. The van der Waals surface area contributed by atoms with Crippen LogP contribution < -0.4 is 14.8 Å². The van der Waals surface area contributed by atoms with E-state index in [-0.39, 0.29) is 19.2 Å². The van der Waals surface area contributed by atoms with Gasteiger partial charge in [-0.05, 0) is 36.8 Å². The summed E-state index contributed by atoms with van der Waals surface area (Å²) in [7, 11) is 0. The van der Waals surface area contributed by atoms with Gasteiger partial charge in [0.1, 0.15) is 11.8 Å². The van der Waals surface area contributed by atoms with Gasteiger partial charge in [0.25, 0.3) is 5.91 Å². The number of ether oxygens (including phenoxy) is 2. The first-order chi connectivity index (χ1) is 14.0. The van der Waals surface area contributed by atoms with Crippen molar-refractivity contribution in [3.05, 3.63) is 66.1 Å². The van der Waals surface area contributed by atoms with E-state index in [9.17, 15) is 9.59 Å². The predicted octanol–water partition coefficient (Wildman–Crippen LogP) is 3.04. The van der Waals surface area contributed by atoms with E-state index in [1.807, 2.05) is 30.3 Å². The second kappa shape index (κ2) is 6.37. The SMILES string of the molecule is CC1(c2ccc3c(c2)OCO3)NC(=O)N(Cc2coc(-c3ccccc3)n2)C1=O. The molecule has 8 heteroatoms. The number of oxazole rings is 1. The number of urea groups is 1. The minimum Gasteiger partial charge on any atom is -0.454 e. The Morgan fingerprint density at radius 3 is 2.72 bits per heavy atom. The van der Waals surface area contributed by atoms with Gasteiger partial charge in [0, 0.05) is 5.56 Å². The zero-order valence-corrected chi connectivity index (χ0v) is 15.5. The van der Waals surface area contributed by atoms with Crippen molar-refractivity contribution in [3.63, 3.8) is 0 Å². The van der Waals surface area contributed by atoms with Crippen LogP contribution in [0, 0.1) is 0 Å². The zero-order valence-electron chi connectivity index (χ0n) is 15.5. The molecule has 3 amide bonds. The molecule has 1 unspecified atom stereocenters. The Kier molecular flexibility index (Phi) is 3.80. The molecule has 3 heterocycles. The molecule has 2 aliphatic rings. The largest absolute Gasteiger partial charge is 0.454 e. The number of hydrogen-bond acceptors (Lipinski definition) is 6. The fraction of sp³-hybridized carbons (Fsp3) is 0.190. The van der Waals surface area contributed by atoms with Crippen LogP contribution >= 0.6 is 0 Å². The van der Waals surface area contributed by atoms with Crippen LogP contribution in [0.3, 0.4) is 0 Å². The molecule has 8 nitrogen and oxygen atoms in total. The number of fused-ring (bicyclic) bond motifs is 1. The van der Waals surface area contributed by atoms with Gasteiger partial charge in [0.2, 0.25) is 12.7 Å². The molecule has 2 aliphatic heterocycles. The summed E-state index contributed by atoms with van der Waals surface area (Å²) >= 11 is 0. The summed E-state index contributed by atoms with van der Waals surface area (Å²) in [6, 6.07) is 14.1. The molecular formula is C21H17N3O5. The van der Waals surface area contributed by atoms with E-state index in [0.29, 0.717) is 28.6 Å². The van der Waals surface area contributed by atoms with Crippen LogP contribution in [0.4, 0.5) is 4.79 Å².